The van der Waals surface area contributed by atoms with Crippen LogP contribution in [0.15, 0.2) is 340 Å². The molecule has 0 spiro atoms. The fourth-order valence-corrected chi connectivity index (χ4v) is 14.4. The smallest absolute Gasteiger partial charge is 0.0713 e. The van der Waals surface area contributed by atoms with Gasteiger partial charge in [-0.3, -0.25) is 0 Å². The monoisotopic (exact) mass is 1100 g/mol. The van der Waals surface area contributed by atoms with Crippen LogP contribution in [-0.2, 0) is 5.41 Å². The highest BCUT2D eigenvalue weighted by Gasteiger charge is 2.46. The van der Waals surface area contributed by atoms with Gasteiger partial charge >= 0.3 is 0 Å². The molecule has 17 rings (SSSR count). The summed E-state index contributed by atoms with van der Waals surface area (Å²) in [6, 6.07) is 126. The number of hydrogen-bond donors (Lipinski definition) is 0. The molecule has 0 unspecified atom stereocenters. The predicted molar refractivity (Wildman–Crippen MR) is 365 cm³/mol. The van der Waals surface area contributed by atoms with Crippen molar-refractivity contribution < 1.29 is 0 Å². The molecule has 406 valence electrons. The number of hydrogen-bond acceptors (Lipinski definition) is 0. The van der Waals surface area contributed by atoms with Crippen molar-refractivity contribution in [2.45, 2.75) is 5.41 Å². The molecule has 0 N–H and O–H groups in total. The first-order chi connectivity index (χ1) is 43.1. The van der Waals surface area contributed by atoms with Gasteiger partial charge in [0.1, 0.15) is 0 Å². The van der Waals surface area contributed by atoms with Gasteiger partial charge < -0.3 is 9.13 Å². The van der Waals surface area contributed by atoms with Gasteiger partial charge in [0, 0.05) is 32.8 Å². The average molecular weight is 1110 g/mol. The molecule has 0 saturated heterocycles. The number of fused-ring (bicyclic) bond motifs is 9. The third-order valence-corrected chi connectivity index (χ3v) is 18.5. The van der Waals surface area contributed by atoms with Crippen LogP contribution in [-0.4, -0.2) is 9.13 Å². The van der Waals surface area contributed by atoms with Crippen molar-refractivity contribution in [2.75, 3.05) is 0 Å². The maximum atomic E-state index is 2.46. The zero-order valence-corrected chi connectivity index (χ0v) is 47.7. The van der Waals surface area contributed by atoms with Crippen LogP contribution >= 0.6 is 0 Å². The summed E-state index contributed by atoms with van der Waals surface area (Å²) in [5, 5.41) is 4.94. The molecule has 1 aliphatic rings. The lowest BCUT2D eigenvalue weighted by atomic mass is 9.67. The van der Waals surface area contributed by atoms with Crippen LogP contribution in [0.25, 0.3) is 133 Å². The summed E-state index contributed by atoms with van der Waals surface area (Å²) >= 11 is 0. The second kappa shape index (κ2) is 20.5. The molecule has 0 atom stereocenters. The Bertz CT molecular complexity index is 5250. The SMILES string of the molecule is c1ccc(-c2ccc(C3(c4cccc(-c5ccc(-c6ccc(-c7ccccc7-n7c8ccccc8c8cc(-c9ccc%10c(c9)c9ccccc9n%10-c9cccc(-c%10ccccc%10)c9)ccc87)cc6)cc5)c4)c4ccccc4-c4ccccc43)cc2)cc1. The topological polar surface area (TPSA) is 9.86 Å². The van der Waals surface area contributed by atoms with E-state index in [4.69, 9.17) is 0 Å². The van der Waals surface area contributed by atoms with E-state index in [1.807, 2.05) is 0 Å². The van der Waals surface area contributed by atoms with Gasteiger partial charge in [-0.05, 0) is 155 Å². The zero-order chi connectivity index (χ0) is 57.4. The Hall–Kier alpha value is -11.3. The van der Waals surface area contributed by atoms with Gasteiger partial charge in [0.25, 0.3) is 0 Å². The number of rotatable bonds is 10. The number of benzene rings is 14. The molecule has 0 fully saturated rings. The second-order valence-electron chi connectivity index (χ2n) is 23.1. The predicted octanol–water partition coefficient (Wildman–Crippen LogP) is 22.2. The summed E-state index contributed by atoms with van der Waals surface area (Å²) < 4.78 is 4.87. The van der Waals surface area contributed by atoms with Gasteiger partial charge in [-0.1, -0.05) is 279 Å². The van der Waals surface area contributed by atoms with Gasteiger partial charge in [-0.25, -0.2) is 0 Å². The number of aromatic nitrogens is 2. The minimum atomic E-state index is -0.497. The largest absolute Gasteiger partial charge is 0.309 e. The lowest BCUT2D eigenvalue weighted by Gasteiger charge is -2.34. The molecule has 14 aromatic carbocycles. The van der Waals surface area contributed by atoms with Gasteiger partial charge in [-0.2, -0.15) is 0 Å². The van der Waals surface area contributed by atoms with E-state index in [9.17, 15) is 0 Å². The summed E-state index contributed by atoms with van der Waals surface area (Å²) in [4.78, 5) is 0. The van der Waals surface area contributed by atoms with E-state index < -0.39 is 5.41 Å². The first kappa shape index (κ1) is 50.2. The van der Waals surface area contributed by atoms with Crippen LogP contribution in [0.1, 0.15) is 22.3 Å². The molecule has 87 heavy (non-hydrogen) atoms. The second-order valence-corrected chi connectivity index (χ2v) is 23.1. The summed E-state index contributed by atoms with van der Waals surface area (Å²) in [6.45, 7) is 0. The van der Waals surface area contributed by atoms with Crippen molar-refractivity contribution >= 4 is 43.6 Å². The van der Waals surface area contributed by atoms with Gasteiger partial charge in [0.05, 0.1) is 33.2 Å². The lowest BCUT2D eigenvalue weighted by molar-refractivity contribution is 0.769. The molecule has 1 aliphatic carbocycles. The first-order valence-electron chi connectivity index (χ1n) is 30.1. The fraction of sp³-hybridized carbons (Fsp3) is 0.0118. The molecule has 2 aromatic heterocycles. The highest BCUT2D eigenvalue weighted by atomic mass is 15.0. The molecule has 2 nitrogen and oxygen atoms in total. The minimum Gasteiger partial charge on any atom is -0.309 e. The third-order valence-electron chi connectivity index (χ3n) is 18.5. The molecule has 0 bridgehead atoms. The summed E-state index contributed by atoms with van der Waals surface area (Å²) in [5.74, 6) is 0. The van der Waals surface area contributed by atoms with E-state index in [1.165, 1.54) is 144 Å². The van der Waals surface area contributed by atoms with E-state index in [-0.39, 0.29) is 0 Å². The van der Waals surface area contributed by atoms with Crippen molar-refractivity contribution in [3.63, 3.8) is 0 Å². The van der Waals surface area contributed by atoms with Crippen molar-refractivity contribution in [3.8, 4) is 89.3 Å². The Kier molecular flexibility index (Phi) is 11.8. The highest BCUT2D eigenvalue weighted by Crippen LogP contribution is 2.56. The summed E-state index contributed by atoms with van der Waals surface area (Å²) in [6.07, 6.45) is 0. The Morgan fingerprint density at radius 2 is 0.575 bits per heavy atom. The fourth-order valence-electron chi connectivity index (χ4n) is 14.4. The van der Waals surface area contributed by atoms with Gasteiger partial charge in [0.2, 0.25) is 0 Å². The van der Waals surface area contributed by atoms with Crippen molar-refractivity contribution in [2.24, 2.45) is 0 Å². The average Bonchev–Trinajstić information content (AvgIpc) is 1.62. The van der Waals surface area contributed by atoms with Crippen LogP contribution in [0, 0.1) is 0 Å². The molecule has 16 aromatic rings. The van der Waals surface area contributed by atoms with Gasteiger partial charge in [0.15, 0.2) is 0 Å². The Morgan fingerprint density at radius 3 is 1.17 bits per heavy atom. The van der Waals surface area contributed by atoms with Crippen LogP contribution < -0.4 is 0 Å². The molecular formula is C85H56N2. The van der Waals surface area contributed by atoms with E-state index in [1.54, 1.807) is 0 Å². The summed E-state index contributed by atoms with van der Waals surface area (Å²) in [7, 11) is 0. The number of nitrogens with zero attached hydrogens (tertiary/aromatic N) is 2. The van der Waals surface area contributed by atoms with E-state index in [0.29, 0.717) is 0 Å². The maximum absolute atomic E-state index is 2.46. The van der Waals surface area contributed by atoms with Crippen molar-refractivity contribution in [1.29, 1.82) is 0 Å². The number of para-hydroxylation sites is 3. The normalized spacial score (nSPS) is 12.5. The quantitative estimate of drug-likeness (QED) is 0.129. The Balaban J connectivity index is 0.687. The van der Waals surface area contributed by atoms with Crippen LogP contribution in [0.5, 0.6) is 0 Å². The Morgan fingerprint density at radius 1 is 0.195 bits per heavy atom. The third kappa shape index (κ3) is 8.17. The molecule has 0 amide bonds. The first-order valence-corrected chi connectivity index (χ1v) is 30.1. The van der Waals surface area contributed by atoms with Crippen LogP contribution in [0.3, 0.4) is 0 Å². The molecular weight excluding hydrogens is 1050 g/mol. The maximum Gasteiger partial charge on any atom is 0.0713 e. The molecule has 2 heteroatoms. The summed E-state index contributed by atoms with van der Waals surface area (Å²) in [5.41, 5.74) is 28.6. The van der Waals surface area contributed by atoms with Gasteiger partial charge in [-0.15, -0.1) is 0 Å². The molecule has 2 heterocycles. The molecule has 0 saturated carbocycles. The van der Waals surface area contributed by atoms with Crippen molar-refractivity contribution in [1.82, 2.24) is 9.13 Å². The lowest BCUT2D eigenvalue weighted by Crippen LogP contribution is -2.28. The Labute approximate surface area is 506 Å². The standard InChI is InChI=1S/C85H56N2/c1-3-19-57(20-4-1)61-45-49-68(50-46-61)85(78-32-12-7-28-72(78)73-29-8-13-33-79(73)85)69-25-17-23-64(53-69)62-39-37-59(38-40-62)60-41-43-63(44-42-60)71-27-9-14-34-80(71)87-82-36-16-11-31-75(82)77-56-67(48-52-84(77)87)66-47-51-83-76(55-66)74-30-10-15-35-81(74)86(83)70-26-18-24-65(54-70)58-21-5-2-6-22-58/h1-56H. The van der Waals surface area contributed by atoms with Crippen LogP contribution in [0.4, 0.5) is 0 Å². The zero-order valence-electron chi connectivity index (χ0n) is 47.7. The van der Waals surface area contributed by atoms with E-state index in [0.717, 1.165) is 11.4 Å². The molecule has 0 radical (unpaired) electrons. The van der Waals surface area contributed by atoms with Crippen molar-refractivity contribution in [3.05, 3.63) is 362 Å². The van der Waals surface area contributed by atoms with E-state index >= 15 is 0 Å². The highest BCUT2D eigenvalue weighted by molar-refractivity contribution is 6.13. The van der Waals surface area contributed by atoms with Crippen LogP contribution in [0.2, 0.25) is 0 Å². The minimum absolute atomic E-state index is 0.497. The molecule has 0 aliphatic heterocycles. The van der Waals surface area contributed by atoms with E-state index in [2.05, 4.69) is 349 Å².